The molecule has 7 N–H and O–H groups in total. The maximum Gasteiger partial charge on any atom is 0.302 e. The molecular formula is C81H86N4O11. The van der Waals surface area contributed by atoms with Gasteiger partial charge in [-0.3, -0.25) is 14.4 Å². The van der Waals surface area contributed by atoms with Crippen molar-refractivity contribution in [3.63, 3.8) is 0 Å². The molecule has 0 unspecified atom stereocenters. The van der Waals surface area contributed by atoms with Crippen LogP contribution in [0.4, 0.5) is 5.69 Å². The normalized spacial score (nSPS) is 25.0. The number of esters is 1. The first-order valence-corrected chi connectivity index (χ1v) is 34.6. The summed E-state index contributed by atoms with van der Waals surface area (Å²) in [5, 5.41) is 63.3. The van der Waals surface area contributed by atoms with Gasteiger partial charge in [0.2, 0.25) is 5.75 Å². The van der Waals surface area contributed by atoms with E-state index in [1.54, 1.807) is 24.3 Å². The number of nitrogens with zero attached hydrogens (tertiary/aromatic N) is 2. The van der Waals surface area contributed by atoms with Crippen LogP contribution >= 0.6 is 0 Å². The fourth-order valence-electron chi connectivity index (χ4n) is 17.4. The average molecular weight is 1290 g/mol. The number of phenolic OH excluding ortho intramolecular Hbond substituents is 3. The molecule has 0 amide bonds. The smallest absolute Gasteiger partial charge is 0.302 e. The number of aliphatic hydroxyl groups is 2. The topological polar surface area (TPSA) is 216 Å². The van der Waals surface area contributed by atoms with Crippen molar-refractivity contribution in [2.75, 3.05) is 31.7 Å². The summed E-state index contributed by atoms with van der Waals surface area (Å²) in [4.78, 5) is 49.3. The Bertz CT molecular complexity index is 4360. The van der Waals surface area contributed by atoms with Crippen LogP contribution < -0.4 is 19.7 Å². The summed E-state index contributed by atoms with van der Waals surface area (Å²) in [5.41, 5.74) is 10.6. The van der Waals surface area contributed by atoms with Crippen LogP contribution in [-0.4, -0.2) is 85.5 Å². The molecule has 4 heterocycles. The van der Waals surface area contributed by atoms with Crippen molar-refractivity contribution < 1.29 is 54.1 Å². The van der Waals surface area contributed by atoms with Gasteiger partial charge in [-0.15, -0.1) is 0 Å². The lowest BCUT2D eigenvalue weighted by molar-refractivity contribution is -0.148. The third kappa shape index (κ3) is 12.4. The van der Waals surface area contributed by atoms with E-state index in [9.17, 15) is 35.1 Å². The second kappa shape index (κ2) is 27.1. The molecule has 6 bridgehead atoms. The number of aromatic nitrogens is 2. The van der Waals surface area contributed by atoms with Crippen LogP contribution in [0.5, 0.6) is 34.5 Å². The van der Waals surface area contributed by atoms with Gasteiger partial charge >= 0.3 is 5.97 Å². The third-order valence-electron chi connectivity index (χ3n) is 22.2. The van der Waals surface area contributed by atoms with Crippen LogP contribution in [-0.2, 0) is 38.4 Å². The van der Waals surface area contributed by atoms with E-state index < -0.39 is 29.6 Å². The number of phenols is 3. The van der Waals surface area contributed by atoms with Crippen molar-refractivity contribution >= 4 is 34.0 Å². The number of H-pyrrole nitrogens is 1. The van der Waals surface area contributed by atoms with E-state index in [2.05, 4.69) is 106 Å². The van der Waals surface area contributed by atoms with Gasteiger partial charge < -0.3 is 59.5 Å². The van der Waals surface area contributed by atoms with Gasteiger partial charge in [0.15, 0.2) is 11.5 Å². The maximum atomic E-state index is 15.6. The van der Waals surface area contributed by atoms with Gasteiger partial charge in [-0.05, 0) is 168 Å². The van der Waals surface area contributed by atoms with Crippen LogP contribution in [0, 0.1) is 35.0 Å². The van der Waals surface area contributed by atoms with Gasteiger partial charge in [0.1, 0.15) is 40.7 Å². The summed E-state index contributed by atoms with van der Waals surface area (Å²) in [6.07, 6.45) is 25.0. The number of aromatic amines is 1. The number of aromatic hydroxyl groups is 3. The number of hydrogen-bond acceptors (Lipinski definition) is 13. The van der Waals surface area contributed by atoms with Gasteiger partial charge in [0, 0.05) is 117 Å². The van der Waals surface area contributed by atoms with Crippen molar-refractivity contribution in [2.45, 2.75) is 153 Å². The number of methoxy groups -OCH3 is 1. The molecule has 1 spiro atoms. The van der Waals surface area contributed by atoms with Gasteiger partial charge in [0.05, 0.1) is 30.9 Å². The minimum Gasteiger partial charge on any atom is -0.508 e. The van der Waals surface area contributed by atoms with Crippen LogP contribution in [0.25, 0.3) is 10.8 Å². The Hall–Kier alpha value is -9.23. The Kier molecular flexibility index (Phi) is 18.1. The number of allylic oxidation sites excluding steroid dienone is 6. The van der Waals surface area contributed by atoms with E-state index >= 15 is 4.79 Å². The molecule has 5 aliphatic carbocycles. The molecule has 15 nitrogen and oxygen atoms in total. The van der Waals surface area contributed by atoms with Crippen LogP contribution in [0.3, 0.4) is 0 Å². The molecule has 15 heteroatoms. The summed E-state index contributed by atoms with van der Waals surface area (Å²) in [6.45, 7) is 4.34. The second-order valence-electron chi connectivity index (χ2n) is 27.8. The molecule has 1 fully saturated rings. The summed E-state index contributed by atoms with van der Waals surface area (Å²) in [5.74, 6) is 6.92. The van der Waals surface area contributed by atoms with E-state index in [4.69, 9.17) is 14.2 Å². The number of rotatable bonds is 12. The summed E-state index contributed by atoms with van der Waals surface area (Å²) >= 11 is 0. The largest absolute Gasteiger partial charge is 0.508 e. The summed E-state index contributed by atoms with van der Waals surface area (Å²) < 4.78 is 21.1. The van der Waals surface area contributed by atoms with E-state index in [0.29, 0.717) is 57.2 Å². The molecule has 0 radical (unpaired) electrons. The molecule has 14 rings (SSSR count). The van der Waals surface area contributed by atoms with Crippen LogP contribution in [0.2, 0.25) is 0 Å². The predicted octanol–water partition coefficient (Wildman–Crippen LogP) is 14.6. The number of aryl methyl sites for hydroxylation is 2. The van der Waals surface area contributed by atoms with Gasteiger partial charge in [-0.25, -0.2) is 0 Å². The lowest BCUT2D eigenvalue weighted by Crippen LogP contribution is -2.37. The minimum atomic E-state index is -0.818. The van der Waals surface area contributed by atoms with Gasteiger partial charge in [-0.1, -0.05) is 110 Å². The standard InChI is InChI=1S/C81H86N4O11/c1-48-12-9-17-58-18-11-21-65-67-45-82-44-57(67)43-81(48,58)31-28-62(95-49(2)87)40-61(90)42-71(55-37-74(93)80(75(38-55)94-3)96-63-36-56(35-60(89)41-63)78-54(47-86)23-22-50-13-7-8-20-64(50)78)85-46-68-69(25-24-66-73(92)27-26-70(85)79(66)68)84(33-30-72(91)51-14-5-4-6-15-51)76-39-53(29-32-83-76)77(65)52-16-10-19-59(88)34-52/h7-10,12-13,16-17,19-20,24-25,29,34-39,41,44-46,48,51,54,62,65,71,73,77-78,82-83,86,88-89,92-93H,4-6,14-15,18,22-23,26-28,30-33,40,42-43,47H2,1-3H3/t48-,54-,62+,65+,71-,73-,77+,78+,81+/m0/s1. The number of ether oxygens (including phenoxy) is 3. The highest BCUT2D eigenvalue weighted by Gasteiger charge is 2.44. The predicted molar refractivity (Wildman–Crippen MR) is 369 cm³/mol. The Morgan fingerprint density at radius 3 is 2.49 bits per heavy atom. The molecule has 9 atom stereocenters. The highest BCUT2D eigenvalue weighted by atomic mass is 16.5. The van der Waals surface area contributed by atoms with Crippen LogP contribution in [0.15, 0.2) is 157 Å². The number of carbonyl (C=O) groups excluding carboxylic acids is 3. The summed E-state index contributed by atoms with van der Waals surface area (Å²) in [7, 11) is 1.49. The monoisotopic (exact) mass is 1290 g/mol. The van der Waals surface area contributed by atoms with Crippen molar-refractivity contribution in [3.8, 4) is 46.3 Å². The van der Waals surface area contributed by atoms with Crippen molar-refractivity contribution in [2.24, 2.45) is 23.2 Å². The molecular weight excluding hydrogens is 1200 g/mol. The van der Waals surface area contributed by atoms with E-state index in [-0.39, 0.29) is 107 Å². The second-order valence-corrected chi connectivity index (χ2v) is 27.8. The molecule has 7 aromatic rings. The average Bonchev–Trinajstić information content (AvgIpc) is 1.56. The zero-order valence-corrected chi connectivity index (χ0v) is 55.0. The van der Waals surface area contributed by atoms with Crippen molar-refractivity contribution in [3.05, 3.63) is 207 Å². The first-order valence-electron chi connectivity index (χ1n) is 34.6. The summed E-state index contributed by atoms with van der Waals surface area (Å²) in [6, 6.07) is 27.2. The minimum absolute atomic E-state index is 0.0135. The highest BCUT2D eigenvalue weighted by Crippen LogP contribution is 2.53. The van der Waals surface area contributed by atoms with Crippen molar-refractivity contribution in [1.29, 1.82) is 0 Å². The zero-order chi connectivity index (χ0) is 66.4. The molecule has 0 saturated heterocycles. The Labute approximate surface area is 561 Å². The third-order valence-corrected chi connectivity index (χ3v) is 22.2. The Balaban J connectivity index is 0.943. The number of hydrogen-bond donors (Lipinski definition) is 7. The number of nitrogens with one attached hydrogen (secondary N) is 2. The fourth-order valence-corrected chi connectivity index (χ4v) is 17.4. The van der Waals surface area contributed by atoms with E-state index in [1.165, 1.54) is 25.7 Å². The Morgan fingerprint density at radius 1 is 0.823 bits per heavy atom. The first kappa shape index (κ1) is 64.1. The zero-order valence-electron chi connectivity index (χ0n) is 55.0. The number of anilines is 1. The number of carbonyl (C=O) groups is 3. The van der Waals surface area contributed by atoms with Gasteiger partial charge in [-0.2, -0.15) is 0 Å². The number of ketones is 2. The molecule has 96 heavy (non-hydrogen) atoms. The lowest BCUT2D eigenvalue weighted by atomic mass is 9.61. The molecule has 2 aromatic heterocycles. The van der Waals surface area contributed by atoms with E-state index in [0.717, 1.165) is 117 Å². The fraction of sp³-hybridized carbons (Fsp3) is 0.395. The SMILES string of the molecule is COc1cc([C@@H]2CC(=O)C[C@H](OC(C)=O)CC[C@]34Cc5c[nH]cc5[C@@H](C#CCC3=CC=C[C@@H]4C)[C@H](c3cccc(O)c3)C3=CCNC(=C3)N(CCC(=O)C3CCCCC3)c3ccc4c5c(n2cc35)CC[C@@H]4O)cc(O)c1Oc1cc(O)cc([C@@H]2c3ccccc3CC[C@H]2CO)c1. The molecule has 496 valence electrons. The molecule has 5 aromatic carbocycles. The first-order chi connectivity index (χ1) is 46.6. The number of fused-ring (bicyclic) bond motifs is 4. The maximum absolute atomic E-state index is 15.6. The lowest BCUT2D eigenvalue weighted by Gasteiger charge is -2.43. The molecule has 2 aliphatic heterocycles. The Morgan fingerprint density at radius 2 is 1.67 bits per heavy atom. The number of benzene rings is 5. The van der Waals surface area contributed by atoms with Gasteiger partial charge in [0.25, 0.3) is 0 Å². The van der Waals surface area contributed by atoms with Crippen molar-refractivity contribution in [1.82, 2.24) is 14.9 Å². The quantitative estimate of drug-likeness (QED) is 0.0448. The highest BCUT2D eigenvalue weighted by molar-refractivity contribution is 6.00. The number of Topliss-reactive ketones (excluding diaryl/α,β-unsaturated/α-hetero) is 2. The molecule has 7 aliphatic rings. The number of dihydropyridines is 1. The van der Waals surface area contributed by atoms with Crippen LogP contribution in [0.1, 0.15) is 177 Å². The number of aliphatic hydroxyl groups excluding tert-OH is 2. The molecule has 1 saturated carbocycles. The van der Waals surface area contributed by atoms with E-state index in [1.807, 2.05) is 42.5 Å².